The molecule has 2 aromatic heterocycles. The zero-order valence-corrected chi connectivity index (χ0v) is 13.5. The highest BCUT2D eigenvalue weighted by Crippen LogP contribution is 2.20. The number of aromatic nitrogens is 1. The number of nitrogens with one attached hydrogen (secondary N) is 1. The monoisotopic (exact) mass is 340 g/mol. The number of carbonyl (C=O) groups excluding carboxylic acids is 2. The maximum atomic E-state index is 12.0. The van der Waals surface area contributed by atoms with Crippen LogP contribution >= 0.6 is 0 Å². The van der Waals surface area contributed by atoms with Crippen molar-refractivity contribution in [3.63, 3.8) is 0 Å². The van der Waals surface area contributed by atoms with Crippen LogP contribution in [0, 0.1) is 0 Å². The normalized spacial score (nSPS) is 11.7. The van der Waals surface area contributed by atoms with Crippen LogP contribution in [0.25, 0.3) is 11.3 Å². The molecular formula is C18H16N2O5. The Morgan fingerprint density at radius 1 is 1.20 bits per heavy atom. The van der Waals surface area contributed by atoms with Gasteiger partial charge in [0.05, 0.1) is 6.26 Å². The lowest BCUT2D eigenvalue weighted by Crippen LogP contribution is -2.39. The molecule has 128 valence electrons. The van der Waals surface area contributed by atoms with Gasteiger partial charge in [-0.15, -0.1) is 0 Å². The van der Waals surface area contributed by atoms with Gasteiger partial charge in [-0.1, -0.05) is 35.5 Å². The fourth-order valence-electron chi connectivity index (χ4n) is 2.12. The predicted molar refractivity (Wildman–Crippen MR) is 87.4 cm³/mol. The first-order valence-electron chi connectivity index (χ1n) is 7.65. The largest absolute Gasteiger partial charge is 0.459 e. The molecule has 0 aliphatic rings. The zero-order valence-electron chi connectivity index (χ0n) is 13.5. The van der Waals surface area contributed by atoms with E-state index in [4.69, 9.17) is 13.7 Å². The summed E-state index contributed by atoms with van der Waals surface area (Å²) < 4.78 is 15.3. The van der Waals surface area contributed by atoms with Gasteiger partial charge in [0.2, 0.25) is 0 Å². The van der Waals surface area contributed by atoms with Crippen LogP contribution in [0.1, 0.15) is 23.2 Å². The minimum absolute atomic E-state index is 0.0455. The third kappa shape index (κ3) is 4.14. The van der Waals surface area contributed by atoms with Gasteiger partial charge >= 0.3 is 5.97 Å². The molecule has 0 aliphatic carbocycles. The molecule has 3 aromatic rings. The molecule has 0 saturated carbocycles. The molecule has 25 heavy (non-hydrogen) atoms. The SMILES string of the molecule is C[C@H](NC(=O)c1ccco1)C(=O)OCc1cc(-c2ccccc2)on1. The van der Waals surface area contributed by atoms with E-state index >= 15 is 0 Å². The molecule has 0 aliphatic heterocycles. The van der Waals surface area contributed by atoms with Crippen molar-refractivity contribution in [2.45, 2.75) is 19.6 Å². The Morgan fingerprint density at radius 2 is 2.00 bits per heavy atom. The maximum absolute atomic E-state index is 12.0. The van der Waals surface area contributed by atoms with E-state index in [1.54, 1.807) is 12.1 Å². The van der Waals surface area contributed by atoms with Crippen molar-refractivity contribution in [3.8, 4) is 11.3 Å². The fourth-order valence-corrected chi connectivity index (χ4v) is 2.12. The molecule has 7 heteroatoms. The number of hydrogen-bond acceptors (Lipinski definition) is 6. The average molecular weight is 340 g/mol. The number of esters is 1. The van der Waals surface area contributed by atoms with Crippen LogP contribution in [-0.2, 0) is 16.1 Å². The number of ether oxygens (including phenoxy) is 1. The minimum Gasteiger partial charge on any atom is -0.459 e. The molecule has 1 N–H and O–H groups in total. The van der Waals surface area contributed by atoms with Crippen molar-refractivity contribution >= 4 is 11.9 Å². The Morgan fingerprint density at radius 3 is 2.72 bits per heavy atom. The summed E-state index contributed by atoms with van der Waals surface area (Å²) in [6, 6.07) is 13.4. The van der Waals surface area contributed by atoms with E-state index in [-0.39, 0.29) is 12.4 Å². The first-order chi connectivity index (χ1) is 12.1. The van der Waals surface area contributed by atoms with Gasteiger partial charge in [0.1, 0.15) is 18.3 Å². The predicted octanol–water partition coefficient (Wildman–Crippen LogP) is 2.80. The number of nitrogens with zero attached hydrogens (tertiary/aromatic N) is 1. The van der Waals surface area contributed by atoms with E-state index in [9.17, 15) is 9.59 Å². The highest BCUT2D eigenvalue weighted by molar-refractivity contribution is 5.94. The van der Waals surface area contributed by atoms with Gasteiger partial charge in [0.15, 0.2) is 11.5 Å². The molecule has 2 heterocycles. The first-order valence-corrected chi connectivity index (χ1v) is 7.65. The first kappa shape index (κ1) is 16.5. The second-order valence-electron chi connectivity index (χ2n) is 5.33. The lowest BCUT2D eigenvalue weighted by molar-refractivity contribution is -0.146. The molecule has 1 atom stereocenters. The third-order valence-electron chi connectivity index (χ3n) is 3.43. The van der Waals surface area contributed by atoms with Crippen molar-refractivity contribution in [3.05, 3.63) is 66.2 Å². The highest BCUT2D eigenvalue weighted by Gasteiger charge is 2.20. The van der Waals surface area contributed by atoms with Gasteiger partial charge in [-0.05, 0) is 19.1 Å². The average Bonchev–Trinajstić information content (AvgIpc) is 3.32. The van der Waals surface area contributed by atoms with Crippen LogP contribution in [0.2, 0.25) is 0 Å². The molecule has 0 saturated heterocycles. The summed E-state index contributed by atoms with van der Waals surface area (Å²) in [5.41, 5.74) is 1.36. The van der Waals surface area contributed by atoms with Gasteiger partial charge in [-0.2, -0.15) is 0 Å². The van der Waals surface area contributed by atoms with Gasteiger partial charge in [-0.25, -0.2) is 4.79 Å². The lowest BCUT2D eigenvalue weighted by Gasteiger charge is -2.11. The summed E-state index contributed by atoms with van der Waals surface area (Å²) in [6.07, 6.45) is 1.38. The van der Waals surface area contributed by atoms with Crippen molar-refractivity contribution in [2.75, 3.05) is 0 Å². The van der Waals surface area contributed by atoms with Crippen LogP contribution in [0.5, 0.6) is 0 Å². The van der Waals surface area contributed by atoms with Crippen LogP contribution in [0.15, 0.2) is 63.7 Å². The van der Waals surface area contributed by atoms with Crippen LogP contribution in [0.3, 0.4) is 0 Å². The van der Waals surface area contributed by atoms with Crippen LogP contribution in [-0.4, -0.2) is 23.1 Å². The van der Waals surface area contributed by atoms with E-state index in [1.807, 2.05) is 30.3 Å². The summed E-state index contributed by atoms with van der Waals surface area (Å²) in [5, 5.41) is 6.37. The Hall–Kier alpha value is -3.35. The summed E-state index contributed by atoms with van der Waals surface area (Å²) in [6.45, 7) is 1.48. The Kier molecular flexibility index (Phi) is 4.94. The number of rotatable bonds is 6. The molecule has 0 spiro atoms. The van der Waals surface area contributed by atoms with Crippen molar-refractivity contribution in [2.24, 2.45) is 0 Å². The highest BCUT2D eigenvalue weighted by atomic mass is 16.5. The van der Waals surface area contributed by atoms with Crippen LogP contribution in [0.4, 0.5) is 0 Å². The molecule has 0 bridgehead atoms. The number of furan rings is 1. The quantitative estimate of drug-likeness (QED) is 0.693. The zero-order chi connectivity index (χ0) is 17.6. The number of hydrogen-bond donors (Lipinski definition) is 1. The number of carbonyl (C=O) groups is 2. The van der Waals surface area contributed by atoms with Gasteiger partial charge < -0.3 is 19.0 Å². The minimum atomic E-state index is -0.821. The topological polar surface area (TPSA) is 94.6 Å². The lowest BCUT2D eigenvalue weighted by atomic mass is 10.2. The van der Waals surface area contributed by atoms with Crippen molar-refractivity contribution in [1.82, 2.24) is 10.5 Å². The molecular weight excluding hydrogens is 324 g/mol. The molecule has 1 aromatic carbocycles. The Bertz CT molecular complexity index is 840. The molecule has 7 nitrogen and oxygen atoms in total. The van der Waals surface area contributed by atoms with E-state index in [0.29, 0.717) is 11.5 Å². The second kappa shape index (κ2) is 7.48. The van der Waals surface area contributed by atoms with E-state index in [1.165, 1.54) is 19.3 Å². The third-order valence-corrected chi connectivity index (χ3v) is 3.43. The fraction of sp³-hybridized carbons (Fsp3) is 0.167. The van der Waals surface area contributed by atoms with E-state index in [2.05, 4.69) is 10.5 Å². The molecule has 0 fully saturated rings. The van der Waals surface area contributed by atoms with Crippen molar-refractivity contribution in [1.29, 1.82) is 0 Å². The molecule has 0 radical (unpaired) electrons. The number of benzene rings is 1. The Labute approximate surface area is 143 Å². The molecule has 0 unspecified atom stereocenters. The standard InChI is InChI=1S/C18H16N2O5/c1-12(19-17(21)15-8-5-9-23-15)18(22)24-11-14-10-16(25-20-14)13-6-3-2-4-7-13/h2-10,12H,11H2,1H3,(H,19,21)/t12-/m0/s1. The summed E-state index contributed by atoms with van der Waals surface area (Å²) in [5.74, 6) is -0.346. The summed E-state index contributed by atoms with van der Waals surface area (Å²) in [4.78, 5) is 23.8. The van der Waals surface area contributed by atoms with Crippen LogP contribution < -0.4 is 5.32 Å². The Balaban J connectivity index is 1.52. The van der Waals surface area contributed by atoms with Gasteiger partial charge in [0.25, 0.3) is 5.91 Å². The van der Waals surface area contributed by atoms with E-state index in [0.717, 1.165) is 5.56 Å². The number of amides is 1. The maximum Gasteiger partial charge on any atom is 0.328 e. The molecule has 1 amide bonds. The van der Waals surface area contributed by atoms with E-state index < -0.39 is 17.9 Å². The van der Waals surface area contributed by atoms with Crippen molar-refractivity contribution < 1.29 is 23.3 Å². The molecule has 3 rings (SSSR count). The summed E-state index contributed by atoms with van der Waals surface area (Å²) in [7, 11) is 0. The smallest absolute Gasteiger partial charge is 0.328 e. The summed E-state index contributed by atoms with van der Waals surface area (Å²) >= 11 is 0. The van der Waals surface area contributed by atoms with Gasteiger partial charge in [0, 0.05) is 11.6 Å². The van der Waals surface area contributed by atoms with Gasteiger partial charge in [-0.3, -0.25) is 4.79 Å². The second-order valence-corrected chi connectivity index (χ2v) is 5.33.